The van der Waals surface area contributed by atoms with Gasteiger partial charge >= 0.3 is 6.09 Å². The van der Waals surface area contributed by atoms with Crippen molar-refractivity contribution in [2.75, 3.05) is 13.1 Å². The van der Waals surface area contributed by atoms with Crippen molar-refractivity contribution in [2.24, 2.45) is 0 Å². The second kappa shape index (κ2) is 8.37. The molecular formula is C17H25N3O3S. The highest BCUT2D eigenvalue weighted by molar-refractivity contribution is 7.99. The summed E-state index contributed by atoms with van der Waals surface area (Å²) in [5.74, 6) is 0.556. The Labute approximate surface area is 147 Å². The molecule has 2 heterocycles. The van der Waals surface area contributed by atoms with Crippen molar-refractivity contribution in [1.82, 2.24) is 15.2 Å². The Morgan fingerprint density at radius 2 is 1.92 bits per heavy atom. The lowest BCUT2D eigenvalue weighted by molar-refractivity contribution is -0.130. The number of hydrogen-bond donors (Lipinski definition) is 1. The van der Waals surface area contributed by atoms with Crippen molar-refractivity contribution < 1.29 is 14.3 Å². The maximum Gasteiger partial charge on any atom is 0.408 e. The fourth-order valence-corrected chi connectivity index (χ4v) is 3.37. The average molecular weight is 351 g/mol. The molecule has 1 aromatic heterocycles. The molecule has 0 saturated carbocycles. The first kappa shape index (κ1) is 18.6. The summed E-state index contributed by atoms with van der Waals surface area (Å²) in [7, 11) is 0. The van der Waals surface area contributed by atoms with E-state index in [0.29, 0.717) is 5.75 Å². The fourth-order valence-electron chi connectivity index (χ4n) is 2.35. The van der Waals surface area contributed by atoms with E-state index in [1.54, 1.807) is 33.2 Å². The van der Waals surface area contributed by atoms with Crippen LogP contribution in [0.1, 0.15) is 39.2 Å². The Kier molecular flexibility index (Phi) is 6.48. The molecule has 2 amide bonds. The van der Waals surface area contributed by atoms with E-state index in [-0.39, 0.29) is 5.91 Å². The number of carbonyl (C=O) groups is 2. The van der Waals surface area contributed by atoms with Crippen LogP contribution in [-0.4, -0.2) is 45.9 Å². The van der Waals surface area contributed by atoms with Crippen LogP contribution in [0.25, 0.3) is 0 Å². The lowest BCUT2D eigenvalue weighted by Gasteiger charge is -2.26. The number of aromatic nitrogens is 1. The zero-order valence-electron chi connectivity index (χ0n) is 14.4. The summed E-state index contributed by atoms with van der Waals surface area (Å²) in [5, 5.41) is 2.07. The molecule has 0 radical (unpaired) electrons. The minimum absolute atomic E-state index is 0.0579. The number of nitrogens with zero attached hydrogens (tertiary/aromatic N) is 2. The van der Waals surface area contributed by atoms with Crippen LogP contribution in [0.2, 0.25) is 0 Å². The van der Waals surface area contributed by atoms with Crippen molar-refractivity contribution in [2.45, 2.75) is 50.3 Å². The van der Waals surface area contributed by atoms with Gasteiger partial charge in [-0.05, 0) is 51.3 Å². The van der Waals surface area contributed by atoms with Crippen LogP contribution in [0.5, 0.6) is 0 Å². The molecule has 1 atom stereocenters. The number of amides is 2. The molecule has 1 saturated heterocycles. The van der Waals surface area contributed by atoms with Crippen molar-refractivity contribution in [1.29, 1.82) is 0 Å². The quantitative estimate of drug-likeness (QED) is 0.826. The van der Waals surface area contributed by atoms with Gasteiger partial charge in [0.05, 0.1) is 0 Å². The summed E-state index contributed by atoms with van der Waals surface area (Å²) < 4.78 is 5.29. The molecule has 24 heavy (non-hydrogen) atoms. The molecule has 1 aliphatic heterocycles. The van der Waals surface area contributed by atoms with E-state index in [9.17, 15) is 9.59 Å². The third-order valence-corrected chi connectivity index (χ3v) is 4.61. The second-order valence-corrected chi connectivity index (χ2v) is 7.82. The van der Waals surface area contributed by atoms with Gasteiger partial charge in [0.15, 0.2) is 5.37 Å². The van der Waals surface area contributed by atoms with Gasteiger partial charge in [0.25, 0.3) is 5.91 Å². The van der Waals surface area contributed by atoms with Gasteiger partial charge in [0.2, 0.25) is 0 Å². The number of likely N-dealkylation sites (tertiary alicyclic amines) is 1. The highest BCUT2D eigenvalue weighted by Crippen LogP contribution is 2.20. The maximum absolute atomic E-state index is 12.7. The highest BCUT2D eigenvalue weighted by Gasteiger charge is 2.29. The molecule has 2 rings (SSSR count). The minimum atomic E-state index is -0.647. The first-order valence-electron chi connectivity index (χ1n) is 8.14. The second-order valence-electron chi connectivity index (χ2n) is 6.73. The van der Waals surface area contributed by atoms with Crippen molar-refractivity contribution >= 4 is 23.8 Å². The van der Waals surface area contributed by atoms with Gasteiger partial charge in [0.1, 0.15) is 5.60 Å². The number of pyridine rings is 1. The van der Waals surface area contributed by atoms with E-state index in [4.69, 9.17) is 4.74 Å². The van der Waals surface area contributed by atoms with Crippen LogP contribution < -0.4 is 5.32 Å². The van der Waals surface area contributed by atoms with Crippen LogP contribution in [0.4, 0.5) is 4.79 Å². The Balaban J connectivity index is 2.00. The summed E-state index contributed by atoms with van der Waals surface area (Å²) in [6.45, 7) is 6.90. The molecule has 1 aliphatic rings. The molecule has 0 aromatic carbocycles. The van der Waals surface area contributed by atoms with E-state index in [0.717, 1.165) is 31.5 Å². The zero-order valence-corrected chi connectivity index (χ0v) is 15.3. The van der Waals surface area contributed by atoms with E-state index < -0.39 is 17.1 Å². The van der Waals surface area contributed by atoms with Gasteiger partial charge in [-0.2, -0.15) is 0 Å². The Bertz CT molecular complexity index is 554. The number of hydrogen-bond acceptors (Lipinski definition) is 5. The Morgan fingerprint density at radius 3 is 2.50 bits per heavy atom. The molecule has 1 fully saturated rings. The van der Waals surface area contributed by atoms with Gasteiger partial charge in [-0.3, -0.25) is 9.78 Å². The highest BCUT2D eigenvalue weighted by atomic mass is 32.2. The van der Waals surface area contributed by atoms with Crippen LogP contribution in [0.15, 0.2) is 24.5 Å². The Hall–Kier alpha value is -1.76. The van der Waals surface area contributed by atoms with Crippen LogP contribution >= 0.6 is 11.8 Å². The molecular weight excluding hydrogens is 326 g/mol. The number of ether oxygens (including phenoxy) is 1. The minimum Gasteiger partial charge on any atom is -0.444 e. The number of nitrogens with one attached hydrogen (secondary N) is 1. The van der Waals surface area contributed by atoms with Gasteiger partial charge < -0.3 is 15.0 Å². The molecule has 1 N–H and O–H groups in total. The van der Waals surface area contributed by atoms with E-state index >= 15 is 0 Å². The Morgan fingerprint density at radius 1 is 1.29 bits per heavy atom. The number of alkyl carbamates (subject to hydrolysis) is 1. The van der Waals surface area contributed by atoms with Crippen LogP contribution in [0, 0.1) is 0 Å². The topological polar surface area (TPSA) is 71.5 Å². The molecule has 132 valence electrons. The summed E-state index contributed by atoms with van der Waals surface area (Å²) in [6.07, 6.45) is 4.89. The number of rotatable bonds is 5. The molecule has 1 aromatic rings. The largest absolute Gasteiger partial charge is 0.444 e. The molecule has 0 spiro atoms. The number of thioether (sulfide) groups is 1. The van der Waals surface area contributed by atoms with Gasteiger partial charge in [0, 0.05) is 31.2 Å². The first-order chi connectivity index (χ1) is 11.3. The first-order valence-corrected chi connectivity index (χ1v) is 9.19. The summed E-state index contributed by atoms with van der Waals surface area (Å²) in [5.41, 5.74) is 0.460. The lowest BCUT2D eigenvalue weighted by Crippen LogP contribution is -2.47. The summed E-state index contributed by atoms with van der Waals surface area (Å²) >= 11 is 1.39. The predicted octanol–water partition coefficient (Wildman–Crippen LogP) is 2.79. The molecule has 6 nitrogen and oxygen atoms in total. The normalized spacial score (nSPS) is 15.9. The summed E-state index contributed by atoms with van der Waals surface area (Å²) in [6, 6.07) is 3.80. The molecule has 7 heteroatoms. The van der Waals surface area contributed by atoms with Crippen molar-refractivity contribution in [3.63, 3.8) is 0 Å². The van der Waals surface area contributed by atoms with Crippen molar-refractivity contribution in [3.05, 3.63) is 30.1 Å². The van der Waals surface area contributed by atoms with Gasteiger partial charge in [-0.15, -0.1) is 11.8 Å². The lowest BCUT2D eigenvalue weighted by atomic mass is 10.2. The predicted molar refractivity (Wildman–Crippen MR) is 94.5 cm³/mol. The maximum atomic E-state index is 12.7. The van der Waals surface area contributed by atoms with Crippen LogP contribution in [0.3, 0.4) is 0 Å². The molecule has 0 aliphatic carbocycles. The monoisotopic (exact) mass is 351 g/mol. The number of carbonyl (C=O) groups excluding carboxylic acids is 2. The standard InChI is InChI=1S/C17H25N3O3S/c1-17(2,3)23-16(22)19-14(15(21)20-10-4-5-11-20)24-12-13-6-8-18-9-7-13/h6-9,14H,4-5,10-12H2,1-3H3,(H,19,22). The van der Waals surface area contributed by atoms with Gasteiger partial charge in [-0.25, -0.2) is 4.79 Å². The molecule has 1 unspecified atom stereocenters. The van der Waals surface area contributed by atoms with E-state index in [1.165, 1.54) is 11.8 Å². The zero-order chi connectivity index (χ0) is 17.6. The third kappa shape index (κ3) is 6.03. The smallest absolute Gasteiger partial charge is 0.408 e. The molecule has 0 bridgehead atoms. The van der Waals surface area contributed by atoms with Crippen molar-refractivity contribution in [3.8, 4) is 0 Å². The third-order valence-electron chi connectivity index (χ3n) is 3.46. The average Bonchev–Trinajstić information content (AvgIpc) is 3.04. The van der Waals surface area contributed by atoms with E-state index in [2.05, 4.69) is 10.3 Å². The summed E-state index contributed by atoms with van der Waals surface area (Å²) in [4.78, 5) is 30.6. The van der Waals surface area contributed by atoms with Gasteiger partial charge in [-0.1, -0.05) is 0 Å². The fraction of sp³-hybridized carbons (Fsp3) is 0.588. The van der Waals surface area contributed by atoms with Crippen LogP contribution in [-0.2, 0) is 15.3 Å². The van der Waals surface area contributed by atoms with E-state index in [1.807, 2.05) is 17.0 Å². The SMILES string of the molecule is CC(C)(C)OC(=O)NC(SCc1ccncc1)C(=O)N1CCCC1.